The van der Waals surface area contributed by atoms with E-state index in [2.05, 4.69) is 0 Å². The van der Waals surface area contributed by atoms with Crippen molar-refractivity contribution in [3.63, 3.8) is 0 Å². The molecule has 1 saturated heterocycles. The van der Waals surface area contributed by atoms with Gasteiger partial charge in [-0.3, -0.25) is 9.59 Å². The molecular formula is C9H15NO4S. The highest BCUT2D eigenvalue weighted by atomic mass is 32.2. The molecule has 1 fully saturated rings. The summed E-state index contributed by atoms with van der Waals surface area (Å²) in [5, 5.41) is 18.0. The van der Waals surface area contributed by atoms with Gasteiger partial charge in [0.25, 0.3) is 0 Å². The van der Waals surface area contributed by atoms with Crippen molar-refractivity contribution >= 4 is 23.6 Å². The monoisotopic (exact) mass is 233 g/mol. The number of carboxylic acid groups (broad SMARTS) is 1. The fourth-order valence-electron chi connectivity index (χ4n) is 1.38. The first-order valence-electron chi connectivity index (χ1n) is 4.76. The Morgan fingerprint density at radius 1 is 1.40 bits per heavy atom. The standard InChI is InChI=1S/C9H15NO4S/c1-2-9(14)5-10(6-9)7(11)3-15-4-8(12)13/h14H,2-6H2,1H3,(H,12,13). The number of carbonyl (C=O) groups excluding carboxylic acids is 1. The van der Waals surface area contributed by atoms with Crippen LogP contribution < -0.4 is 0 Å². The summed E-state index contributed by atoms with van der Waals surface area (Å²) in [4.78, 5) is 23.2. The van der Waals surface area contributed by atoms with Gasteiger partial charge in [-0.05, 0) is 6.42 Å². The zero-order chi connectivity index (χ0) is 11.5. The molecule has 0 aliphatic carbocycles. The molecule has 0 unspecified atom stereocenters. The van der Waals surface area contributed by atoms with Gasteiger partial charge < -0.3 is 15.1 Å². The van der Waals surface area contributed by atoms with Crippen LogP contribution in [-0.4, -0.2) is 57.2 Å². The van der Waals surface area contributed by atoms with Gasteiger partial charge >= 0.3 is 5.97 Å². The maximum absolute atomic E-state index is 11.4. The third-order valence-corrected chi connectivity index (χ3v) is 3.33. The predicted octanol–water partition coefficient (Wildman–Crippen LogP) is -0.213. The fraction of sp³-hybridized carbons (Fsp3) is 0.778. The first-order chi connectivity index (χ1) is 6.97. The number of carbonyl (C=O) groups is 2. The van der Waals surface area contributed by atoms with E-state index in [-0.39, 0.29) is 17.4 Å². The molecular weight excluding hydrogens is 218 g/mol. The van der Waals surface area contributed by atoms with E-state index in [1.54, 1.807) is 4.90 Å². The van der Waals surface area contributed by atoms with Crippen LogP contribution in [0, 0.1) is 0 Å². The largest absolute Gasteiger partial charge is 0.481 e. The topological polar surface area (TPSA) is 77.8 Å². The van der Waals surface area contributed by atoms with Gasteiger partial charge in [0, 0.05) is 0 Å². The molecule has 1 heterocycles. The van der Waals surface area contributed by atoms with Crippen LogP contribution in [0.5, 0.6) is 0 Å². The number of likely N-dealkylation sites (tertiary alicyclic amines) is 1. The van der Waals surface area contributed by atoms with E-state index in [1.807, 2.05) is 6.92 Å². The molecule has 2 N–H and O–H groups in total. The van der Waals surface area contributed by atoms with Crippen molar-refractivity contribution in [2.45, 2.75) is 18.9 Å². The number of β-amino-alcohol motifs (C(OH)–C–C–N with tert-alkyl or cyclic N) is 1. The normalized spacial score (nSPS) is 18.4. The quantitative estimate of drug-likeness (QED) is 0.687. The molecule has 1 amide bonds. The van der Waals surface area contributed by atoms with Crippen molar-refractivity contribution in [3.05, 3.63) is 0 Å². The second-order valence-corrected chi connectivity index (χ2v) is 4.70. The van der Waals surface area contributed by atoms with Crippen molar-refractivity contribution in [2.24, 2.45) is 0 Å². The van der Waals surface area contributed by atoms with Gasteiger partial charge in [0.2, 0.25) is 5.91 Å². The molecule has 86 valence electrons. The second kappa shape index (κ2) is 4.85. The Labute approximate surface area is 92.4 Å². The molecule has 1 aliphatic heterocycles. The van der Waals surface area contributed by atoms with Crippen molar-refractivity contribution in [3.8, 4) is 0 Å². The van der Waals surface area contributed by atoms with Crippen LogP contribution >= 0.6 is 11.8 Å². The van der Waals surface area contributed by atoms with Crippen LogP contribution in [0.2, 0.25) is 0 Å². The molecule has 0 saturated carbocycles. The number of aliphatic carboxylic acids is 1. The molecule has 6 heteroatoms. The van der Waals surface area contributed by atoms with Crippen molar-refractivity contribution < 1.29 is 19.8 Å². The van der Waals surface area contributed by atoms with Gasteiger partial charge in [0.05, 0.1) is 30.2 Å². The molecule has 1 aliphatic rings. The highest BCUT2D eigenvalue weighted by Gasteiger charge is 2.41. The Kier molecular flexibility index (Phi) is 3.98. The van der Waals surface area contributed by atoms with Crippen LogP contribution in [-0.2, 0) is 9.59 Å². The summed E-state index contributed by atoms with van der Waals surface area (Å²) in [6.07, 6.45) is 0.638. The summed E-state index contributed by atoms with van der Waals surface area (Å²) >= 11 is 1.08. The molecule has 0 aromatic heterocycles. The molecule has 0 spiro atoms. The summed E-state index contributed by atoms with van der Waals surface area (Å²) in [6, 6.07) is 0. The van der Waals surface area contributed by atoms with Crippen LogP contribution in [0.3, 0.4) is 0 Å². The Bertz CT molecular complexity index is 263. The lowest BCUT2D eigenvalue weighted by Gasteiger charge is -2.46. The van der Waals surface area contributed by atoms with Gasteiger partial charge in [-0.2, -0.15) is 0 Å². The number of thioether (sulfide) groups is 1. The van der Waals surface area contributed by atoms with Gasteiger partial charge in [0.1, 0.15) is 0 Å². The van der Waals surface area contributed by atoms with Crippen LogP contribution in [0.25, 0.3) is 0 Å². The van der Waals surface area contributed by atoms with Crippen molar-refractivity contribution in [1.29, 1.82) is 0 Å². The summed E-state index contributed by atoms with van der Waals surface area (Å²) in [6.45, 7) is 2.62. The van der Waals surface area contributed by atoms with E-state index in [0.29, 0.717) is 19.5 Å². The Morgan fingerprint density at radius 2 is 2.00 bits per heavy atom. The molecule has 0 aromatic rings. The summed E-state index contributed by atoms with van der Waals surface area (Å²) in [5.41, 5.74) is -0.715. The number of hydrogen-bond acceptors (Lipinski definition) is 4. The number of carboxylic acids is 1. The SMILES string of the molecule is CCC1(O)CN(C(=O)CSCC(=O)O)C1. The highest BCUT2D eigenvalue weighted by Crippen LogP contribution is 2.24. The van der Waals surface area contributed by atoms with Crippen LogP contribution in [0.1, 0.15) is 13.3 Å². The van der Waals surface area contributed by atoms with Crippen LogP contribution in [0.15, 0.2) is 0 Å². The van der Waals surface area contributed by atoms with E-state index in [4.69, 9.17) is 5.11 Å². The first-order valence-corrected chi connectivity index (χ1v) is 5.92. The first kappa shape index (κ1) is 12.3. The molecule has 0 atom stereocenters. The lowest BCUT2D eigenvalue weighted by Crippen LogP contribution is -2.63. The number of hydrogen-bond donors (Lipinski definition) is 2. The third-order valence-electron chi connectivity index (χ3n) is 2.43. The van der Waals surface area contributed by atoms with E-state index < -0.39 is 11.6 Å². The summed E-state index contributed by atoms with van der Waals surface area (Å²) < 4.78 is 0. The zero-order valence-corrected chi connectivity index (χ0v) is 9.42. The Morgan fingerprint density at radius 3 is 2.47 bits per heavy atom. The molecule has 0 radical (unpaired) electrons. The minimum absolute atomic E-state index is 0.0579. The predicted molar refractivity (Wildman–Crippen MR) is 56.8 cm³/mol. The average molecular weight is 233 g/mol. The number of aliphatic hydroxyl groups is 1. The number of nitrogens with zero attached hydrogens (tertiary/aromatic N) is 1. The minimum Gasteiger partial charge on any atom is -0.481 e. The maximum atomic E-state index is 11.4. The highest BCUT2D eigenvalue weighted by molar-refractivity contribution is 8.00. The second-order valence-electron chi connectivity index (χ2n) is 3.71. The lowest BCUT2D eigenvalue weighted by molar-refractivity contribution is -0.152. The molecule has 0 bridgehead atoms. The lowest BCUT2D eigenvalue weighted by atomic mass is 9.91. The van der Waals surface area contributed by atoms with Crippen LogP contribution in [0.4, 0.5) is 0 Å². The maximum Gasteiger partial charge on any atom is 0.313 e. The molecule has 5 nitrogen and oxygen atoms in total. The molecule has 0 aromatic carbocycles. The summed E-state index contributed by atoms with van der Waals surface area (Å²) in [7, 11) is 0. The van der Waals surface area contributed by atoms with E-state index in [9.17, 15) is 14.7 Å². The minimum atomic E-state index is -0.915. The van der Waals surface area contributed by atoms with E-state index in [1.165, 1.54) is 0 Å². The van der Waals surface area contributed by atoms with Crippen molar-refractivity contribution in [1.82, 2.24) is 4.90 Å². The average Bonchev–Trinajstić information content (AvgIpc) is 2.12. The fourth-order valence-corrected chi connectivity index (χ4v) is 2.02. The molecule has 1 rings (SSSR count). The zero-order valence-electron chi connectivity index (χ0n) is 8.60. The smallest absolute Gasteiger partial charge is 0.313 e. The van der Waals surface area contributed by atoms with Gasteiger partial charge in [-0.25, -0.2) is 0 Å². The Balaban J connectivity index is 2.18. The number of amides is 1. The van der Waals surface area contributed by atoms with E-state index >= 15 is 0 Å². The molecule has 15 heavy (non-hydrogen) atoms. The number of rotatable bonds is 5. The third kappa shape index (κ3) is 3.39. The summed E-state index contributed by atoms with van der Waals surface area (Å²) in [5.74, 6) is -0.898. The van der Waals surface area contributed by atoms with Gasteiger partial charge in [0.15, 0.2) is 0 Å². The van der Waals surface area contributed by atoms with Crippen molar-refractivity contribution in [2.75, 3.05) is 24.6 Å². The van der Waals surface area contributed by atoms with Gasteiger partial charge in [-0.1, -0.05) is 6.92 Å². The van der Waals surface area contributed by atoms with E-state index in [0.717, 1.165) is 11.8 Å². The Hall–Kier alpha value is -0.750. The van der Waals surface area contributed by atoms with Gasteiger partial charge in [-0.15, -0.1) is 11.8 Å².